The van der Waals surface area contributed by atoms with Crippen molar-refractivity contribution in [1.82, 2.24) is 14.4 Å². The van der Waals surface area contributed by atoms with E-state index in [-0.39, 0.29) is 10.9 Å². The summed E-state index contributed by atoms with van der Waals surface area (Å²) in [5, 5.41) is 3.84. The average molecular weight is 426 g/mol. The third kappa shape index (κ3) is 3.79. The SMILES string of the molecule is Cc1cc(Cc2ccccc2C)cc([C@@H]2CCCN2S(=O)(=O)c2c(C)noc2C)n1. The van der Waals surface area contributed by atoms with Crippen molar-refractivity contribution in [2.75, 3.05) is 6.54 Å². The first kappa shape index (κ1) is 20.8. The zero-order valence-electron chi connectivity index (χ0n) is 17.8. The summed E-state index contributed by atoms with van der Waals surface area (Å²) < 4.78 is 33.5. The van der Waals surface area contributed by atoms with Crippen molar-refractivity contribution in [3.05, 3.63) is 75.9 Å². The van der Waals surface area contributed by atoms with E-state index in [0.717, 1.165) is 36.2 Å². The minimum Gasteiger partial charge on any atom is -0.360 e. The van der Waals surface area contributed by atoms with Crippen LogP contribution in [-0.4, -0.2) is 29.4 Å². The molecule has 0 radical (unpaired) electrons. The monoisotopic (exact) mass is 425 g/mol. The Morgan fingerprint density at radius 1 is 1.13 bits per heavy atom. The normalized spacial score (nSPS) is 17.5. The molecule has 158 valence electrons. The van der Waals surface area contributed by atoms with Gasteiger partial charge < -0.3 is 4.52 Å². The first-order valence-electron chi connectivity index (χ1n) is 10.2. The van der Waals surface area contributed by atoms with E-state index in [9.17, 15) is 8.42 Å². The first-order chi connectivity index (χ1) is 14.3. The summed E-state index contributed by atoms with van der Waals surface area (Å²) in [6.45, 7) is 7.86. The molecule has 4 rings (SSSR count). The number of sulfonamides is 1. The number of pyridine rings is 1. The van der Waals surface area contributed by atoms with E-state index in [1.165, 1.54) is 11.1 Å². The highest BCUT2D eigenvalue weighted by molar-refractivity contribution is 7.89. The molecule has 1 saturated heterocycles. The van der Waals surface area contributed by atoms with Crippen LogP contribution in [0.1, 0.15) is 58.4 Å². The predicted octanol–water partition coefficient (Wildman–Crippen LogP) is 4.42. The molecule has 0 saturated carbocycles. The minimum absolute atomic E-state index is 0.183. The summed E-state index contributed by atoms with van der Waals surface area (Å²) in [4.78, 5) is 4.91. The lowest BCUT2D eigenvalue weighted by molar-refractivity contribution is 0.381. The molecule has 0 amide bonds. The number of nitrogens with zero attached hydrogens (tertiary/aromatic N) is 3. The number of aromatic nitrogens is 2. The summed E-state index contributed by atoms with van der Waals surface area (Å²) >= 11 is 0. The standard InChI is InChI=1S/C23H27N3O3S/c1-15-8-5-6-9-20(15)13-19-12-16(2)24-21(14-19)22-10-7-11-26(22)30(27,28)23-17(3)25-29-18(23)4/h5-6,8-9,12,14,22H,7,10-11,13H2,1-4H3/t22-/m0/s1. The first-order valence-corrected chi connectivity index (χ1v) is 11.7. The Hall–Kier alpha value is -2.51. The molecule has 1 aliphatic rings. The molecule has 7 heteroatoms. The fourth-order valence-corrected chi connectivity index (χ4v) is 6.32. The van der Waals surface area contributed by atoms with Gasteiger partial charge in [0.15, 0.2) is 5.76 Å². The second-order valence-electron chi connectivity index (χ2n) is 8.07. The van der Waals surface area contributed by atoms with Gasteiger partial charge >= 0.3 is 0 Å². The molecule has 0 aliphatic carbocycles. The molecule has 3 heterocycles. The number of benzene rings is 1. The maximum absolute atomic E-state index is 13.4. The molecule has 30 heavy (non-hydrogen) atoms. The predicted molar refractivity (Wildman–Crippen MR) is 115 cm³/mol. The van der Waals surface area contributed by atoms with Gasteiger partial charge in [-0.15, -0.1) is 0 Å². The van der Waals surface area contributed by atoms with Crippen LogP contribution >= 0.6 is 0 Å². The Balaban J connectivity index is 1.70. The third-order valence-electron chi connectivity index (χ3n) is 5.77. The number of aryl methyl sites for hydroxylation is 4. The highest BCUT2D eigenvalue weighted by Crippen LogP contribution is 2.37. The maximum Gasteiger partial charge on any atom is 0.249 e. The third-order valence-corrected chi connectivity index (χ3v) is 7.92. The van der Waals surface area contributed by atoms with Crippen molar-refractivity contribution in [2.24, 2.45) is 0 Å². The summed E-state index contributed by atoms with van der Waals surface area (Å²) in [6, 6.07) is 12.2. The fourth-order valence-electron chi connectivity index (χ4n) is 4.35. The molecule has 0 unspecified atom stereocenters. The van der Waals surface area contributed by atoms with Crippen LogP contribution in [0.5, 0.6) is 0 Å². The van der Waals surface area contributed by atoms with E-state index in [1.807, 2.05) is 19.1 Å². The van der Waals surface area contributed by atoms with Crippen LogP contribution in [0, 0.1) is 27.7 Å². The van der Waals surface area contributed by atoms with E-state index in [4.69, 9.17) is 9.51 Å². The van der Waals surface area contributed by atoms with Crippen LogP contribution < -0.4 is 0 Å². The quantitative estimate of drug-likeness (QED) is 0.605. The van der Waals surface area contributed by atoms with Crippen LogP contribution in [0.2, 0.25) is 0 Å². The average Bonchev–Trinajstić information content (AvgIpc) is 3.31. The van der Waals surface area contributed by atoms with E-state index >= 15 is 0 Å². The molecule has 6 nitrogen and oxygen atoms in total. The molecule has 0 bridgehead atoms. The van der Waals surface area contributed by atoms with Gasteiger partial charge in [-0.25, -0.2) is 8.42 Å². The minimum atomic E-state index is -3.71. The van der Waals surface area contributed by atoms with Crippen LogP contribution in [0.15, 0.2) is 45.8 Å². The topological polar surface area (TPSA) is 76.3 Å². The van der Waals surface area contributed by atoms with Crippen molar-refractivity contribution in [3.63, 3.8) is 0 Å². The molecule has 1 atom stereocenters. The van der Waals surface area contributed by atoms with Gasteiger partial charge in [0.05, 0.1) is 11.7 Å². The van der Waals surface area contributed by atoms with E-state index in [2.05, 4.69) is 36.3 Å². The Bertz CT molecular complexity index is 1160. The van der Waals surface area contributed by atoms with Crippen molar-refractivity contribution in [3.8, 4) is 0 Å². The zero-order valence-corrected chi connectivity index (χ0v) is 18.7. The van der Waals surface area contributed by atoms with Gasteiger partial charge in [-0.05, 0) is 75.8 Å². The van der Waals surface area contributed by atoms with Crippen molar-refractivity contribution in [1.29, 1.82) is 0 Å². The van der Waals surface area contributed by atoms with Gasteiger partial charge in [0, 0.05) is 12.2 Å². The van der Waals surface area contributed by atoms with Gasteiger partial charge in [0.1, 0.15) is 10.6 Å². The molecule has 0 N–H and O–H groups in total. The number of hydrogen-bond donors (Lipinski definition) is 0. The molecule has 3 aromatic rings. The van der Waals surface area contributed by atoms with Gasteiger partial charge in [0.2, 0.25) is 10.0 Å². The summed E-state index contributed by atoms with van der Waals surface area (Å²) in [5.74, 6) is 0.329. The Kier molecular flexibility index (Phi) is 5.51. The Morgan fingerprint density at radius 2 is 1.90 bits per heavy atom. The molecular weight excluding hydrogens is 398 g/mol. The lowest BCUT2D eigenvalue weighted by Crippen LogP contribution is -2.32. The largest absolute Gasteiger partial charge is 0.360 e. The highest BCUT2D eigenvalue weighted by atomic mass is 32.2. The lowest BCUT2D eigenvalue weighted by Gasteiger charge is -2.24. The van der Waals surface area contributed by atoms with Gasteiger partial charge in [0.25, 0.3) is 0 Å². The maximum atomic E-state index is 13.4. The molecular formula is C23H27N3O3S. The van der Waals surface area contributed by atoms with Crippen molar-refractivity contribution in [2.45, 2.75) is 57.9 Å². The van der Waals surface area contributed by atoms with Crippen LogP contribution in [0.25, 0.3) is 0 Å². The van der Waals surface area contributed by atoms with E-state index in [0.29, 0.717) is 18.0 Å². The Labute approximate surface area is 178 Å². The second-order valence-corrected chi connectivity index (χ2v) is 9.90. The van der Waals surface area contributed by atoms with Crippen LogP contribution in [0.3, 0.4) is 0 Å². The van der Waals surface area contributed by atoms with Crippen molar-refractivity contribution < 1.29 is 12.9 Å². The zero-order chi connectivity index (χ0) is 21.5. The lowest BCUT2D eigenvalue weighted by atomic mass is 9.99. The second kappa shape index (κ2) is 7.96. The molecule has 0 spiro atoms. The molecule has 1 aliphatic heterocycles. The highest BCUT2D eigenvalue weighted by Gasteiger charge is 2.40. The summed E-state index contributed by atoms with van der Waals surface area (Å²) in [5.41, 5.74) is 5.77. The molecule has 1 fully saturated rings. The van der Waals surface area contributed by atoms with Gasteiger partial charge in [-0.3, -0.25) is 4.98 Å². The fraction of sp³-hybridized carbons (Fsp3) is 0.391. The Morgan fingerprint density at radius 3 is 2.60 bits per heavy atom. The van der Waals surface area contributed by atoms with Crippen LogP contribution in [-0.2, 0) is 16.4 Å². The molecule has 1 aromatic carbocycles. The van der Waals surface area contributed by atoms with Crippen LogP contribution in [0.4, 0.5) is 0 Å². The van der Waals surface area contributed by atoms with E-state index < -0.39 is 10.0 Å². The van der Waals surface area contributed by atoms with Crippen molar-refractivity contribution >= 4 is 10.0 Å². The van der Waals surface area contributed by atoms with E-state index in [1.54, 1.807) is 18.2 Å². The summed E-state index contributed by atoms with van der Waals surface area (Å²) in [7, 11) is -3.71. The van der Waals surface area contributed by atoms with Gasteiger partial charge in [-0.2, -0.15) is 4.31 Å². The number of hydrogen-bond acceptors (Lipinski definition) is 5. The smallest absolute Gasteiger partial charge is 0.249 e. The number of rotatable bonds is 5. The summed E-state index contributed by atoms with van der Waals surface area (Å²) in [6.07, 6.45) is 2.35. The molecule has 2 aromatic heterocycles. The van der Waals surface area contributed by atoms with Gasteiger partial charge in [-0.1, -0.05) is 29.4 Å².